The van der Waals surface area contributed by atoms with Crippen LogP contribution < -0.4 is 5.32 Å². The molecule has 17 heavy (non-hydrogen) atoms. The first-order valence-electron chi connectivity index (χ1n) is 6.27. The quantitative estimate of drug-likeness (QED) is 0.906. The van der Waals surface area contributed by atoms with E-state index in [1.807, 2.05) is 12.3 Å². The van der Waals surface area contributed by atoms with Gasteiger partial charge in [-0.05, 0) is 31.5 Å². The molecule has 0 saturated carbocycles. The minimum atomic E-state index is 0.264. The van der Waals surface area contributed by atoms with Crippen molar-refractivity contribution in [2.24, 2.45) is 0 Å². The molecule has 3 heterocycles. The topological polar surface area (TPSA) is 37.8 Å². The Bertz CT molecular complexity index is 481. The largest absolute Gasteiger partial charge is 0.316 e. The van der Waals surface area contributed by atoms with Crippen LogP contribution in [0.3, 0.4) is 0 Å². The van der Waals surface area contributed by atoms with Gasteiger partial charge in [0.1, 0.15) is 15.4 Å². The fraction of sp³-hybridized carbons (Fsp3) is 0.538. The first-order chi connectivity index (χ1) is 8.34. The number of thiazole rings is 1. The number of aromatic nitrogens is 2. The van der Waals surface area contributed by atoms with Gasteiger partial charge >= 0.3 is 0 Å². The molecular formula is C13H17N3S. The van der Waals surface area contributed by atoms with Crippen molar-refractivity contribution in [2.75, 3.05) is 13.1 Å². The molecule has 3 nitrogen and oxygen atoms in total. The van der Waals surface area contributed by atoms with E-state index in [1.165, 1.54) is 24.3 Å². The summed E-state index contributed by atoms with van der Waals surface area (Å²) in [6.45, 7) is 4.44. The van der Waals surface area contributed by atoms with Gasteiger partial charge in [0.2, 0.25) is 0 Å². The van der Waals surface area contributed by atoms with Crippen LogP contribution in [0.25, 0.3) is 10.3 Å². The van der Waals surface area contributed by atoms with E-state index in [9.17, 15) is 0 Å². The zero-order chi connectivity index (χ0) is 11.7. The second-order valence-corrected chi connectivity index (χ2v) is 5.78. The highest BCUT2D eigenvalue weighted by molar-refractivity contribution is 7.18. The number of hydrogen-bond donors (Lipinski definition) is 1. The van der Waals surface area contributed by atoms with Gasteiger partial charge < -0.3 is 5.32 Å². The molecule has 1 aliphatic rings. The Labute approximate surface area is 105 Å². The molecule has 0 radical (unpaired) electrons. The Kier molecular flexibility index (Phi) is 2.84. The van der Waals surface area contributed by atoms with Gasteiger partial charge in [0.15, 0.2) is 0 Å². The molecule has 1 N–H and O–H groups in total. The smallest absolute Gasteiger partial charge is 0.143 e. The third-order valence-corrected chi connectivity index (χ3v) is 4.82. The molecule has 4 heteroatoms. The van der Waals surface area contributed by atoms with Gasteiger partial charge in [-0.25, -0.2) is 9.97 Å². The highest BCUT2D eigenvalue weighted by Crippen LogP contribution is 2.38. The van der Waals surface area contributed by atoms with E-state index in [2.05, 4.69) is 23.3 Å². The summed E-state index contributed by atoms with van der Waals surface area (Å²) >= 11 is 1.77. The average Bonchev–Trinajstić information content (AvgIpc) is 2.95. The van der Waals surface area contributed by atoms with Crippen LogP contribution >= 0.6 is 11.3 Å². The maximum atomic E-state index is 4.80. The van der Waals surface area contributed by atoms with Crippen LogP contribution in [0.4, 0.5) is 0 Å². The number of nitrogens with one attached hydrogen (secondary N) is 1. The van der Waals surface area contributed by atoms with Crippen molar-refractivity contribution in [1.82, 2.24) is 15.3 Å². The third kappa shape index (κ3) is 1.85. The number of pyridine rings is 1. The summed E-state index contributed by atoms with van der Waals surface area (Å²) in [4.78, 5) is 10.3. The van der Waals surface area contributed by atoms with Gasteiger partial charge in [-0.1, -0.05) is 24.7 Å². The molecule has 3 rings (SSSR count). The first kappa shape index (κ1) is 11.1. The molecule has 1 fully saturated rings. The summed E-state index contributed by atoms with van der Waals surface area (Å²) in [6, 6.07) is 4.02. The van der Waals surface area contributed by atoms with Crippen molar-refractivity contribution in [1.29, 1.82) is 0 Å². The third-order valence-electron chi connectivity index (χ3n) is 3.59. The standard InChI is InChI=1S/C13H17N3S/c1-2-5-13(6-8-14-9-13)12-16-10-4-3-7-15-11(10)17-12/h3-4,7,14H,2,5-6,8-9H2,1H3. The van der Waals surface area contributed by atoms with Crippen LogP contribution in [0.5, 0.6) is 0 Å². The van der Waals surface area contributed by atoms with E-state index in [0.717, 1.165) is 23.4 Å². The molecule has 0 aromatic carbocycles. The lowest BCUT2D eigenvalue weighted by Gasteiger charge is -2.24. The maximum absolute atomic E-state index is 4.80. The summed E-state index contributed by atoms with van der Waals surface area (Å²) in [5.41, 5.74) is 1.31. The molecule has 2 aromatic rings. The van der Waals surface area contributed by atoms with Crippen LogP contribution in [0.1, 0.15) is 31.2 Å². The molecule has 0 spiro atoms. The van der Waals surface area contributed by atoms with E-state index in [4.69, 9.17) is 4.98 Å². The summed E-state index contributed by atoms with van der Waals surface area (Å²) < 4.78 is 0. The normalized spacial score (nSPS) is 24.5. The van der Waals surface area contributed by atoms with Crippen molar-refractivity contribution in [3.05, 3.63) is 23.3 Å². The zero-order valence-corrected chi connectivity index (χ0v) is 10.9. The van der Waals surface area contributed by atoms with Crippen LogP contribution in [0, 0.1) is 0 Å². The lowest BCUT2D eigenvalue weighted by Crippen LogP contribution is -2.28. The van der Waals surface area contributed by atoms with E-state index >= 15 is 0 Å². The minimum absolute atomic E-state index is 0.264. The second-order valence-electron chi connectivity index (χ2n) is 4.80. The fourth-order valence-corrected chi connectivity index (χ4v) is 3.87. The molecule has 1 unspecified atom stereocenters. The number of hydrogen-bond acceptors (Lipinski definition) is 4. The van der Waals surface area contributed by atoms with Gasteiger partial charge in [-0.15, -0.1) is 0 Å². The predicted molar refractivity (Wildman–Crippen MR) is 71.5 cm³/mol. The molecule has 2 aromatic heterocycles. The lowest BCUT2D eigenvalue weighted by atomic mass is 9.83. The molecule has 1 atom stereocenters. The van der Waals surface area contributed by atoms with Gasteiger partial charge in [-0.3, -0.25) is 0 Å². The van der Waals surface area contributed by atoms with E-state index in [-0.39, 0.29) is 5.41 Å². The molecule has 0 amide bonds. The second kappa shape index (κ2) is 4.35. The van der Waals surface area contributed by atoms with Crippen molar-refractivity contribution in [3.8, 4) is 0 Å². The fourth-order valence-electron chi connectivity index (χ4n) is 2.72. The summed E-state index contributed by atoms with van der Waals surface area (Å²) in [7, 11) is 0. The maximum Gasteiger partial charge on any atom is 0.143 e. The highest BCUT2D eigenvalue weighted by atomic mass is 32.1. The van der Waals surface area contributed by atoms with E-state index in [0.29, 0.717) is 0 Å². The van der Waals surface area contributed by atoms with Crippen molar-refractivity contribution in [2.45, 2.75) is 31.6 Å². The minimum Gasteiger partial charge on any atom is -0.316 e. The Morgan fingerprint density at radius 2 is 2.47 bits per heavy atom. The summed E-state index contributed by atoms with van der Waals surface area (Å²) in [5.74, 6) is 0. The van der Waals surface area contributed by atoms with Crippen LogP contribution in [-0.2, 0) is 5.41 Å². The Balaban J connectivity index is 2.05. The van der Waals surface area contributed by atoms with Gasteiger partial charge in [0, 0.05) is 18.2 Å². The van der Waals surface area contributed by atoms with Crippen molar-refractivity contribution >= 4 is 21.7 Å². The van der Waals surface area contributed by atoms with Crippen molar-refractivity contribution in [3.63, 3.8) is 0 Å². The first-order valence-corrected chi connectivity index (χ1v) is 7.08. The van der Waals surface area contributed by atoms with Crippen LogP contribution in [0.2, 0.25) is 0 Å². The van der Waals surface area contributed by atoms with E-state index in [1.54, 1.807) is 11.3 Å². The zero-order valence-electron chi connectivity index (χ0n) is 10.1. The SMILES string of the molecule is CCCC1(c2nc3cccnc3s2)CCNC1. The molecule has 90 valence electrons. The Hall–Kier alpha value is -1.00. The summed E-state index contributed by atoms with van der Waals surface area (Å²) in [5, 5.41) is 4.76. The van der Waals surface area contributed by atoms with Gasteiger partial charge in [0.25, 0.3) is 0 Å². The molecule has 1 aliphatic heterocycles. The molecular weight excluding hydrogens is 230 g/mol. The monoisotopic (exact) mass is 247 g/mol. The Morgan fingerprint density at radius 3 is 3.18 bits per heavy atom. The predicted octanol–water partition coefficient (Wildman–Crippen LogP) is 2.72. The number of fused-ring (bicyclic) bond motifs is 1. The summed E-state index contributed by atoms with van der Waals surface area (Å²) in [6.07, 6.45) is 5.50. The van der Waals surface area contributed by atoms with Crippen LogP contribution in [-0.4, -0.2) is 23.1 Å². The lowest BCUT2D eigenvalue weighted by molar-refractivity contribution is 0.426. The Morgan fingerprint density at radius 1 is 1.53 bits per heavy atom. The van der Waals surface area contributed by atoms with Gasteiger partial charge in [0.05, 0.1) is 0 Å². The van der Waals surface area contributed by atoms with Crippen molar-refractivity contribution < 1.29 is 0 Å². The molecule has 0 bridgehead atoms. The molecule has 1 saturated heterocycles. The number of rotatable bonds is 3. The number of nitrogens with zero attached hydrogens (tertiary/aromatic N) is 2. The van der Waals surface area contributed by atoms with Crippen LogP contribution in [0.15, 0.2) is 18.3 Å². The van der Waals surface area contributed by atoms with Gasteiger partial charge in [-0.2, -0.15) is 0 Å². The van der Waals surface area contributed by atoms with E-state index < -0.39 is 0 Å². The molecule has 0 aliphatic carbocycles. The average molecular weight is 247 g/mol. The highest BCUT2D eigenvalue weighted by Gasteiger charge is 2.37.